The third-order valence-electron chi connectivity index (χ3n) is 5.13. The van der Waals surface area contributed by atoms with Gasteiger partial charge in [-0.2, -0.15) is 16.9 Å². The van der Waals surface area contributed by atoms with Crippen molar-refractivity contribution in [3.8, 4) is 5.69 Å². The van der Waals surface area contributed by atoms with Gasteiger partial charge in [-0.15, -0.1) is 0 Å². The Morgan fingerprint density at radius 3 is 2.56 bits per heavy atom. The molecular formula is C22H23N3OS. The first-order valence-corrected chi connectivity index (χ1v) is 10.2. The molecular weight excluding hydrogens is 354 g/mol. The molecule has 4 nitrogen and oxygen atoms in total. The largest absolute Gasteiger partial charge is 0.306 e. The molecule has 0 unspecified atom stereocenters. The standard InChI is InChI=1S/C22H23N3OS/c1-13-5-8-20(16(4)9-13)25-21(18-11-27-12-19(18)24-25)23-22(26)17-7-6-14(2)15(3)10-17/h5-10H,11-12H2,1-4H3,(H,23,26). The van der Waals surface area contributed by atoms with Crippen molar-refractivity contribution in [1.82, 2.24) is 9.78 Å². The number of aromatic nitrogens is 2. The third-order valence-corrected chi connectivity index (χ3v) is 6.10. The monoisotopic (exact) mass is 377 g/mol. The van der Waals surface area contributed by atoms with Crippen molar-refractivity contribution in [3.05, 3.63) is 75.5 Å². The summed E-state index contributed by atoms with van der Waals surface area (Å²) in [6, 6.07) is 12.1. The number of fused-ring (bicyclic) bond motifs is 1. The Hall–Kier alpha value is -2.53. The minimum Gasteiger partial charge on any atom is -0.306 e. The van der Waals surface area contributed by atoms with Crippen LogP contribution in [-0.4, -0.2) is 15.7 Å². The lowest BCUT2D eigenvalue weighted by Gasteiger charge is -2.14. The summed E-state index contributed by atoms with van der Waals surface area (Å²) in [5, 5.41) is 7.95. The van der Waals surface area contributed by atoms with E-state index in [1.807, 2.05) is 41.6 Å². The topological polar surface area (TPSA) is 46.9 Å². The maximum atomic E-state index is 12.9. The van der Waals surface area contributed by atoms with Gasteiger partial charge in [0.05, 0.1) is 11.4 Å². The number of aryl methyl sites for hydroxylation is 4. The summed E-state index contributed by atoms with van der Waals surface area (Å²) >= 11 is 1.83. The molecule has 0 saturated heterocycles. The predicted molar refractivity (Wildman–Crippen MR) is 112 cm³/mol. The highest BCUT2D eigenvalue weighted by Crippen LogP contribution is 2.36. The van der Waals surface area contributed by atoms with Crippen molar-refractivity contribution in [2.24, 2.45) is 0 Å². The average Bonchev–Trinajstić information content (AvgIpc) is 3.20. The van der Waals surface area contributed by atoms with E-state index >= 15 is 0 Å². The number of hydrogen-bond donors (Lipinski definition) is 1. The Kier molecular flexibility index (Phi) is 4.56. The number of nitrogens with one attached hydrogen (secondary N) is 1. The van der Waals surface area contributed by atoms with E-state index < -0.39 is 0 Å². The Balaban J connectivity index is 1.75. The van der Waals surface area contributed by atoms with E-state index in [2.05, 4.69) is 44.3 Å². The number of hydrogen-bond acceptors (Lipinski definition) is 3. The minimum atomic E-state index is -0.0938. The Morgan fingerprint density at radius 2 is 1.81 bits per heavy atom. The number of rotatable bonds is 3. The van der Waals surface area contributed by atoms with E-state index in [0.29, 0.717) is 5.56 Å². The molecule has 3 aromatic rings. The quantitative estimate of drug-likeness (QED) is 0.690. The number of nitrogens with zero attached hydrogens (tertiary/aromatic N) is 2. The number of thioether (sulfide) groups is 1. The predicted octanol–water partition coefficient (Wildman–Crippen LogP) is 5.11. The van der Waals surface area contributed by atoms with Crippen molar-refractivity contribution in [2.45, 2.75) is 39.2 Å². The molecule has 27 heavy (non-hydrogen) atoms. The van der Waals surface area contributed by atoms with Crippen LogP contribution in [0.1, 0.15) is 43.9 Å². The van der Waals surface area contributed by atoms with Crippen LogP contribution in [-0.2, 0) is 11.5 Å². The van der Waals surface area contributed by atoms with Crippen LogP contribution in [0.4, 0.5) is 5.82 Å². The van der Waals surface area contributed by atoms with Gasteiger partial charge in [-0.3, -0.25) is 4.79 Å². The summed E-state index contributed by atoms with van der Waals surface area (Å²) in [6.45, 7) is 8.24. The molecule has 0 saturated carbocycles. The summed E-state index contributed by atoms with van der Waals surface area (Å²) < 4.78 is 1.90. The lowest BCUT2D eigenvalue weighted by atomic mass is 10.1. The van der Waals surface area contributed by atoms with E-state index in [0.717, 1.165) is 45.4 Å². The molecule has 0 spiro atoms. The Labute approximate surface area is 164 Å². The second kappa shape index (κ2) is 6.89. The number of benzene rings is 2. The molecule has 1 aliphatic heterocycles. The van der Waals surface area contributed by atoms with Crippen molar-refractivity contribution in [3.63, 3.8) is 0 Å². The van der Waals surface area contributed by atoms with E-state index in [1.165, 1.54) is 11.1 Å². The van der Waals surface area contributed by atoms with Gasteiger partial charge in [0.15, 0.2) is 0 Å². The summed E-state index contributed by atoms with van der Waals surface area (Å²) in [5.74, 6) is 2.47. The van der Waals surface area contributed by atoms with Crippen LogP contribution in [0.15, 0.2) is 36.4 Å². The second-order valence-corrected chi connectivity index (χ2v) is 8.21. The smallest absolute Gasteiger partial charge is 0.256 e. The highest BCUT2D eigenvalue weighted by molar-refractivity contribution is 7.98. The average molecular weight is 378 g/mol. The van der Waals surface area contributed by atoms with Crippen molar-refractivity contribution in [1.29, 1.82) is 0 Å². The molecule has 1 amide bonds. The van der Waals surface area contributed by atoms with E-state index in [9.17, 15) is 4.79 Å². The summed E-state index contributed by atoms with van der Waals surface area (Å²) in [4.78, 5) is 12.9. The number of carbonyl (C=O) groups is 1. The summed E-state index contributed by atoms with van der Waals surface area (Å²) in [5.41, 5.74) is 8.54. The van der Waals surface area contributed by atoms with E-state index in [1.54, 1.807) is 0 Å². The number of anilines is 1. The first-order valence-electron chi connectivity index (χ1n) is 9.09. The van der Waals surface area contributed by atoms with Gasteiger partial charge in [-0.05, 0) is 62.6 Å². The zero-order valence-corrected chi connectivity index (χ0v) is 16.9. The fourth-order valence-corrected chi connectivity index (χ4v) is 4.46. The second-order valence-electron chi connectivity index (χ2n) is 7.22. The maximum absolute atomic E-state index is 12.9. The van der Waals surface area contributed by atoms with Crippen molar-refractivity contribution in [2.75, 3.05) is 5.32 Å². The molecule has 0 bridgehead atoms. The molecule has 4 rings (SSSR count). The van der Waals surface area contributed by atoms with Gasteiger partial charge in [0.1, 0.15) is 5.82 Å². The Morgan fingerprint density at radius 1 is 1.00 bits per heavy atom. The first kappa shape index (κ1) is 17.9. The molecule has 1 aliphatic rings. The lowest BCUT2D eigenvalue weighted by Crippen LogP contribution is -2.17. The van der Waals surface area contributed by atoms with E-state index in [4.69, 9.17) is 5.10 Å². The molecule has 1 N–H and O–H groups in total. The summed E-state index contributed by atoms with van der Waals surface area (Å²) in [6.07, 6.45) is 0. The molecule has 2 aromatic carbocycles. The normalized spacial score (nSPS) is 12.9. The highest BCUT2D eigenvalue weighted by atomic mass is 32.2. The van der Waals surface area contributed by atoms with Crippen LogP contribution in [0, 0.1) is 27.7 Å². The molecule has 5 heteroatoms. The number of amides is 1. The van der Waals surface area contributed by atoms with Gasteiger partial charge in [0.2, 0.25) is 0 Å². The van der Waals surface area contributed by atoms with Crippen molar-refractivity contribution < 1.29 is 4.79 Å². The van der Waals surface area contributed by atoms with Gasteiger partial charge >= 0.3 is 0 Å². The fraction of sp³-hybridized carbons (Fsp3) is 0.273. The van der Waals surface area contributed by atoms with Gasteiger partial charge in [-0.1, -0.05) is 23.8 Å². The maximum Gasteiger partial charge on any atom is 0.256 e. The molecule has 2 heterocycles. The molecule has 0 atom stereocenters. The van der Waals surface area contributed by atoms with Gasteiger partial charge in [0.25, 0.3) is 5.91 Å². The van der Waals surface area contributed by atoms with Crippen LogP contribution in [0.5, 0.6) is 0 Å². The van der Waals surface area contributed by atoms with Gasteiger partial charge < -0.3 is 5.32 Å². The molecule has 138 valence electrons. The van der Waals surface area contributed by atoms with Crippen LogP contribution in [0.3, 0.4) is 0 Å². The first-order chi connectivity index (χ1) is 12.9. The van der Waals surface area contributed by atoms with Crippen LogP contribution in [0.2, 0.25) is 0 Å². The van der Waals surface area contributed by atoms with Crippen LogP contribution >= 0.6 is 11.8 Å². The fourth-order valence-electron chi connectivity index (χ4n) is 3.42. The lowest BCUT2D eigenvalue weighted by molar-refractivity contribution is 0.102. The SMILES string of the molecule is Cc1ccc(-n2nc3c(c2NC(=O)c2ccc(C)c(C)c2)CSC3)c(C)c1. The molecule has 1 aromatic heterocycles. The minimum absolute atomic E-state index is 0.0938. The zero-order chi connectivity index (χ0) is 19.1. The molecule has 0 radical (unpaired) electrons. The zero-order valence-electron chi connectivity index (χ0n) is 16.1. The van der Waals surface area contributed by atoms with Gasteiger partial charge in [0, 0.05) is 22.6 Å². The summed E-state index contributed by atoms with van der Waals surface area (Å²) in [7, 11) is 0. The van der Waals surface area contributed by atoms with Crippen LogP contribution in [0.25, 0.3) is 5.69 Å². The van der Waals surface area contributed by atoms with E-state index in [-0.39, 0.29) is 5.91 Å². The van der Waals surface area contributed by atoms with Gasteiger partial charge in [-0.25, -0.2) is 4.68 Å². The van der Waals surface area contributed by atoms with Crippen LogP contribution < -0.4 is 5.32 Å². The highest BCUT2D eigenvalue weighted by Gasteiger charge is 2.25. The van der Waals surface area contributed by atoms with Crippen molar-refractivity contribution >= 4 is 23.5 Å². The third kappa shape index (κ3) is 3.28. The Bertz CT molecular complexity index is 1050. The molecule has 0 aliphatic carbocycles. The molecule has 0 fully saturated rings. The number of carbonyl (C=O) groups excluding carboxylic acids is 1.